The standard InChI is InChI=1S/C15H15BrClN3O4S.K.H/c1-20(2)25(23,24)14-10(17)7-8-12(13(14)21)19-15(22)18-11-6-4-3-5-9(11)16;;/h3-8,21H,1-2H3,(H2,18,19,22);;. The molecule has 0 aromatic heterocycles. The van der Waals surface area contributed by atoms with Gasteiger partial charge in [0.25, 0.3) is 0 Å². The number of phenols is 1. The number of anilines is 2. The summed E-state index contributed by atoms with van der Waals surface area (Å²) in [6.07, 6.45) is 0. The van der Waals surface area contributed by atoms with Crippen LogP contribution < -0.4 is 10.6 Å². The van der Waals surface area contributed by atoms with E-state index >= 15 is 0 Å². The van der Waals surface area contributed by atoms with E-state index < -0.39 is 26.7 Å². The molecular formula is C15H16BrClKN3O4S. The molecule has 0 radical (unpaired) electrons. The van der Waals surface area contributed by atoms with E-state index in [0.29, 0.717) is 10.2 Å². The zero-order valence-corrected chi connectivity index (χ0v) is 16.4. The van der Waals surface area contributed by atoms with Gasteiger partial charge in [0.1, 0.15) is 4.90 Å². The van der Waals surface area contributed by atoms with Crippen LogP contribution in [0.15, 0.2) is 45.8 Å². The summed E-state index contributed by atoms with van der Waals surface area (Å²) in [5.74, 6) is -0.636. The van der Waals surface area contributed by atoms with Crippen LogP contribution in [0.4, 0.5) is 16.2 Å². The minimum absolute atomic E-state index is 0. The van der Waals surface area contributed by atoms with E-state index in [1.54, 1.807) is 24.3 Å². The first-order valence-electron chi connectivity index (χ1n) is 6.91. The third-order valence-electron chi connectivity index (χ3n) is 3.19. The van der Waals surface area contributed by atoms with Crippen LogP contribution in [0.1, 0.15) is 0 Å². The number of phenolic OH excluding ortho intramolecular Hbond substituents is 1. The Hall–Kier alpha value is -0.174. The van der Waals surface area contributed by atoms with Gasteiger partial charge < -0.3 is 15.7 Å². The Kier molecular flexibility index (Phi) is 9.04. The van der Waals surface area contributed by atoms with Crippen molar-refractivity contribution in [2.24, 2.45) is 0 Å². The summed E-state index contributed by atoms with van der Waals surface area (Å²) >= 11 is 9.21. The molecule has 2 aromatic rings. The molecule has 0 saturated heterocycles. The van der Waals surface area contributed by atoms with Crippen molar-refractivity contribution in [2.45, 2.75) is 4.90 Å². The van der Waals surface area contributed by atoms with Gasteiger partial charge in [-0.25, -0.2) is 17.5 Å². The van der Waals surface area contributed by atoms with Crippen molar-refractivity contribution in [2.75, 3.05) is 24.7 Å². The molecule has 26 heavy (non-hydrogen) atoms. The molecule has 0 atom stereocenters. The van der Waals surface area contributed by atoms with Crippen molar-refractivity contribution in [3.05, 3.63) is 45.9 Å². The van der Waals surface area contributed by atoms with Crippen LogP contribution in [0, 0.1) is 0 Å². The van der Waals surface area contributed by atoms with Crippen LogP contribution in [0.5, 0.6) is 5.75 Å². The molecule has 0 aliphatic carbocycles. The van der Waals surface area contributed by atoms with Crippen molar-refractivity contribution >= 4 is 106 Å². The number of nitrogens with one attached hydrogen (secondary N) is 2. The average Bonchev–Trinajstić information content (AvgIpc) is 2.52. The second-order valence-corrected chi connectivity index (χ2v) is 8.47. The Balaban J connectivity index is 0.00000338. The zero-order valence-electron chi connectivity index (χ0n) is 13.2. The molecule has 0 spiro atoms. The average molecular weight is 489 g/mol. The van der Waals surface area contributed by atoms with Gasteiger partial charge in [-0.2, -0.15) is 0 Å². The fourth-order valence-corrected chi connectivity index (χ4v) is 3.78. The SMILES string of the molecule is CN(C)S(=O)(=O)c1c(Cl)ccc(NC(=O)Nc2ccccc2Br)c1O.[KH]. The second-order valence-electron chi connectivity index (χ2n) is 5.12. The summed E-state index contributed by atoms with van der Waals surface area (Å²) in [6.45, 7) is 0. The number of hydrogen-bond donors (Lipinski definition) is 3. The number of carbonyl (C=O) groups is 1. The number of benzene rings is 2. The summed E-state index contributed by atoms with van der Waals surface area (Å²) in [4.78, 5) is 11.6. The predicted molar refractivity (Wildman–Crippen MR) is 108 cm³/mol. The first-order valence-corrected chi connectivity index (χ1v) is 9.52. The normalized spacial score (nSPS) is 11.0. The summed E-state index contributed by atoms with van der Waals surface area (Å²) < 4.78 is 26.2. The van der Waals surface area contributed by atoms with Crippen molar-refractivity contribution < 1.29 is 18.3 Å². The fourth-order valence-electron chi connectivity index (χ4n) is 1.91. The third-order valence-corrected chi connectivity index (χ3v) is 6.20. The van der Waals surface area contributed by atoms with Crippen molar-refractivity contribution in [3.63, 3.8) is 0 Å². The molecule has 2 rings (SSSR count). The predicted octanol–water partition coefficient (Wildman–Crippen LogP) is 3.05. The second kappa shape index (κ2) is 9.85. The van der Waals surface area contributed by atoms with E-state index in [0.717, 1.165) is 4.31 Å². The molecule has 2 aromatic carbocycles. The van der Waals surface area contributed by atoms with Gasteiger partial charge in [0.2, 0.25) is 10.0 Å². The molecule has 0 aliphatic rings. The van der Waals surface area contributed by atoms with Crippen molar-refractivity contribution in [1.82, 2.24) is 4.31 Å². The Morgan fingerprint density at radius 1 is 1.12 bits per heavy atom. The van der Waals surface area contributed by atoms with Gasteiger partial charge in [-0.3, -0.25) is 0 Å². The van der Waals surface area contributed by atoms with Gasteiger partial charge in [0, 0.05) is 18.6 Å². The molecular weight excluding hydrogens is 473 g/mol. The van der Waals surface area contributed by atoms with Crippen LogP contribution in [0.25, 0.3) is 0 Å². The maximum atomic E-state index is 12.3. The van der Waals surface area contributed by atoms with Gasteiger partial charge in [-0.15, -0.1) is 0 Å². The first kappa shape index (κ1) is 23.9. The van der Waals surface area contributed by atoms with Gasteiger partial charge >= 0.3 is 57.4 Å². The molecule has 7 nitrogen and oxygen atoms in total. The number of halogens is 2. The molecule has 0 saturated carbocycles. The zero-order chi connectivity index (χ0) is 18.8. The topological polar surface area (TPSA) is 98.7 Å². The van der Waals surface area contributed by atoms with Crippen LogP contribution >= 0.6 is 27.5 Å². The van der Waals surface area contributed by atoms with E-state index in [1.807, 2.05) is 0 Å². The number of sulfonamides is 1. The van der Waals surface area contributed by atoms with Gasteiger partial charge in [0.05, 0.1) is 16.4 Å². The minimum atomic E-state index is -3.99. The van der Waals surface area contributed by atoms with Crippen LogP contribution in [0.3, 0.4) is 0 Å². The summed E-state index contributed by atoms with van der Waals surface area (Å²) in [7, 11) is -1.37. The van der Waals surface area contributed by atoms with Crippen LogP contribution in [-0.2, 0) is 10.0 Å². The van der Waals surface area contributed by atoms with Crippen molar-refractivity contribution in [1.29, 1.82) is 0 Å². The summed E-state index contributed by atoms with van der Waals surface area (Å²) in [5.41, 5.74) is 0.420. The number of aromatic hydroxyl groups is 1. The summed E-state index contributed by atoms with van der Waals surface area (Å²) in [6, 6.07) is 8.89. The molecule has 0 heterocycles. The van der Waals surface area contributed by atoms with Crippen LogP contribution in [-0.4, -0.2) is 89.3 Å². The van der Waals surface area contributed by atoms with E-state index in [-0.39, 0.29) is 62.1 Å². The number of carbonyl (C=O) groups excluding carboxylic acids is 1. The molecule has 2 amide bonds. The molecule has 0 aliphatic heterocycles. The monoisotopic (exact) mass is 487 g/mol. The third kappa shape index (κ3) is 5.43. The van der Waals surface area contributed by atoms with E-state index in [4.69, 9.17) is 11.6 Å². The molecule has 3 N–H and O–H groups in total. The van der Waals surface area contributed by atoms with Gasteiger partial charge in [-0.1, -0.05) is 23.7 Å². The Bertz CT molecular complexity index is 925. The van der Waals surface area contributed by atoms with E-state index in [2.05, 4.69) is 26.6 Å². The number of nitrogens with zero attached hydrogens (tertiary/aromatic N) is 1. The van der Waals surface area contributed by atoms with Gasteiger partial charge in [0.15, 0.2) is 5.75 Å². The molecule has 0 bridgehead atoms. The molecule has 136 valence electrons. The van der Waals surface area contributed by atoms with Crippen molar-refractivity contribution in [3.8, 4) is 5.75 Å². The maximum absolute atomic E-state index is 12.3. The summed E-state index contributed by atoms with van der Waals surface area (Å²) in [5, 5.41) is 15.1. The van der Waals surface area contributed by atoms with Gasteiger partial charge in [-0.05, 0) is 40.2 Å². The molecule has 11 heteroatoms. The number of para-hydroxylation sites is 1. The quantitative estimate of drug-likeness (QED) is 0.455. The number of urea groups is 1. The first-order chi connectivity index (χ1) is 11.6. The van der Waals surface area contributed by atoms with E-state index in [9.17, 15) is 18.3 Å². The fraction of sp³-hybridized carbons (Fsp3) is 0.133. The Labute approximate surface area is 207 Å². The van der Waals surface area contributed by atoms with Crippen LogP contribution in [0.2, 0.25) is 5.02 Å². The molecule has 0 unspecified atom stereocenters. The number of rotatable bonds is 4. The van der Waals surface area contributed by atoms with E-state index in [1.165, 1.54) is 26.2 Å². The number of amides is 2. The molecule has 0 fully saturated rings. The Morgan fingerprint density at radius 2 is 1.69 bits per heavy atom. The Morgan fingerprint density at radius 3 is 2.27 bits per heavy atom. The number of hydrogen-bond acceptors (Lipinski definition) is 4.